The molecule has 0 atom stereocenters. The molecule has 0 radical (unpaired) electrons. The molecule has 4 rings (SSSR count). The fourth-order valence-electron chi connectivity index (χ4n) is 3.83. The molecule has 0 spiro atoms. The predicted octanol–water partition coefficient (Wildman–Crippen LogP) is 3.16. The SMILES string of the molecule is Cc1ccccc1CN1CCN(Cc2ccc3c(c2)CCO3)CCC1=O. The van der Waals surface area contributed by atoms with Gasteiger partial charge in [0.25, 0.3) is 0 Å². The first kappa shape index (κ1) is 17.1. The molecule has 1 saturated heterocycles. The summed E-state index contributed by atoms with van der Waals surface area (Å²) in [6, 6.07) is 14.8. The predicted molar refractivity (Wildman–Crippen MR) is 102 cm³/mol. The van der Waals surface area contributed by atoms with E-state index in [1.54, 1.807) is 0 Å². The van der Waals surface area contributed by atoms with E-state index in [9.17, 15) is 4.79 Å². The van der Waals surface area contributed by atoms with Crippen molar-refractivity contribution in [2.75, 3.05) is 26.2 Å². The molecule has 1 fully saturated rings. The highest BCUT2D eigenvalue weighted by molar-refractivity contribution is 5.76. The zero-order valence-electron chi connectivity index (χ0n) is 15.4. The van der Waals surface area contributed by atoms with Gasteiger partial charge in [-0.3, -0.25) is 9.69 Å². The van der Waals surface area contributed by atoms with Crippen molar-refractivity contribution in [1.29, 1.82) is 0 Å². The molecule has 2 aromatic rings. The molecule has 0 N–H and O–H groups in total. The second-order valence-corrected chi connectivity index (χ2v) is 7.31. The minimum absolute atomic E-state index is 0.262. The van der Waals surface area contributed by atoms with Crippen LogP contribution in [0.25, 0.3) is 0 Å². The van der Waals surface area contributed by atoms with Crippen LogP contribution in [-0.4, -0.2) is 41.9 Å². The summed E-state index contributed by atoms with van der Waals surface area (Å²) in [4.78, 5) is 17.0. The first-order valence-corrected chi connectivity index (χ1v) is 9.48. The quantitative estimate of drug-likeness (QED) is 0.849. The number of carbonyl (C=O) groups is 1. The molecule has 0 bridgehead atoms. The van der Waals surface area contributed by atoms with E-state index in [2.05, 4.69) is 48.2 Å². The topological polar surface area (TPSA) is 32.8 Å². The number of amides is 1. The number of aryl methyl sites for hydroxylation is 1. The summed E-state index contributed by atoms with van der Waals surface area (Å²) in [5.41, 5.74) is 5.12. The van der Waals surface area contributed by atoms with Crippen molar-refractivity contribution in [2.45, 2.75) is 32.9 Å². The van der Waals surface area contributed by atoms with E-state index in [0.717, 1.165) is 51.5 Å². The Labute approximate surface area is 155 Å². The third-order valence-electron chi connectivity index (χ3n) is 5.46. The van der Waals surface area contributed by atoms with E-state index in [4.69, 9.17) is 4.74 Å². The van der Waals surface area contributed by atoms with Gasteiger partial charge in [-0.2, -0.15) is 0 Å². The molecule has 0 aliphatic carbocycles. The van der Waals surface area contributed by atoms with Gasteiger partial charge in [-0.15, -0.1) is 0 Å². The molecule has 0 aromatic heterocycles. The standard InChI is InChI=1S/C22H26N2O2/c1-17-4-2-3-5-20(17)16-24-12-11-23(10-8-22(24)25)15-18-6-7-21-19(14-18)9-13-26-21/h2-7,14H,8-13,15-16H2,1H3. The third-order valence-corrected chi connectivity index (χ3v) is 5.46. The minimum atomic E-state index is 0.262. The van der Waals surface area contributed by atoms with E-state index in [-0.39, 0.29) is 5.91 Å². The summed E-state index contributed by atoms with van der Waals surface area (Å²) in [6.45, 7) is 7.07. The highest BCUT2D eigenvalue weighted by Gasteiger charge is 2.22. The number of hydrogen-bond acceptors (Lipinski definition) is 3. The van der Waals surface area contributed by atoms with Crippen LogP contribution in [0.3, 0.4) is 0 Å². The van der Waals surface area contributed by atoms with Crippen LogP contribution in [0.2, 0.25) is 0 Å². The summed E-state index contributed by atoms with van der Waals surface area (Å²) >= 11 is 0. The van der Waals surface area contributed by atoms with Gasteiger partial charge in [0.15, 0.2) is 0 Å². The van der Waals surface area contributed by atoms with Gasteiger partial charge >= 0.3 is 0 Å². The van der Waals surface area contributed by atoms with Crippen LogP contribution in [-0.2, 0) is 24.3 Å². The Bertz CT molecular complexity index is 802. The van der Waals surface area contributed by atoms with E-state index >= 15 is 0 Å². The van der Waals surface area contributed by atoms with Gasteiger partial charge in [-0.1, -0.05) is 36.4 Å². The Morgan fingerprint density at radius 3 is 2.77 bits per heavy atom. The smallest absolute Gasteiger partial charge is 0.224 e. The molecule has 4 nitrogen and oxygen atoms in total. The van der Waals surface area contributed by atoms with Crippen LogP contribution in [0.15, 0.2) is 42.5 Å². The molecular formula is C22H26N2O2. The average molecular weight is 350 g/mol. The van der Waals surface area contributed by atoms with Gasteiger partial charge < -0.3 is 9.64 Å². The van der Waals surface area contributed by atoms with Gasteiger partial charge in [0.1, 0.15) is 5.75 Å². The maximum atomic E-state index is 12.6. The second kappa shape index (κ2) is 7.50. The Balaban J connectivity index is 1.39. The highest BCUT2D eigenvalue weighted by Crippen LogP contribution is 2.26. The fraction of sp³-hybridized carbons (Fsp3) is 0.409. The van der Waals surface area contributed by atoms with Gasteiger partial charge in [-0.25, -0.2) is 0 Å². The molecule has 4 heteroatoms. The van der Waals surface area contributed by atoms with E-state index in [1.165, 1.54) is 22.3 Å². The van der Waals surface area contributed by atoms with Crippen molar-refractivity contribution < 1.29 is 9.53 Å². The Kier molecular flexibility index (Phi) is 4.93. The van der Waals surface area contributed by atoms with Crippen LogP contribution in [0, 0.1) is 6.92 Å². The lowest BCUT2D eigenvalue weighted by molar-refractivity contribution is -0.130. The lowest BCUT2D eigenvalue weighted by atomic mass is 10.1. The number of rotatable bonds is 4. The van der Waals surface area contributed by atoms with Crippen molar-refractivity contribution in [2.24, 2.45) is 0 Å². The van der Waals surface area contributed by atoms with Crippen LogP contribution in [0.1, 0.15) is 28.7 Å². The van der Waals surface area contributed by atoms with Crippen molar-refractivity contribution in [3.63, 3.8) is 0 Å². The largest absolute Gasteiger partial charge is 0.493 e. The molecule has 2 aromatic carbocycles. The Hall–Kier alpha value is -2.33. The van der Waals surface area contributed by atoms with E-state index in [0.29, 0.717) is 6.42 Å². The molecule has 0 saturated carbocycles. The first-order chi connectivity index (χ1) is 12.7. The van der Waals surface area contributed by atoms with Gasteiger partial charge in [-0.05, 0) is 35.2 Å². The maximum absolute atomic E-state index is 12.6. The monoisotopic (exact) mass is 350 g/mol. The summed E-state index contributed by atoms with van der Waals surface area (Å²) in [6.07, 6.45) is 1.60. The third kappa shape index (κ3) is 3.75. The first-order valence-electron chi connectivity index (χ1n) is 9.48. The van der Waals surface area contributed by atoms with Crippen molar-refractivity contribution >= 4 is 5.91 Å². The van der Waals surface area contributed by atoms with Gasteiger partial charge in [0.2, 0.25) is 5.91 Å². The van der Waals surface area contributed by atoms with Gasteiger partial charge in [0, 0.05) is 45.6 Å². The van der Waals surface area contributed by atoms with Crippen LogP contribution < -0.4 is 4.74 Å². The number of hydrogen-bond donors (Lipinski definition) is 0. The van der Waals surface area contributed by atoms with Gasteiger partial charge in [0.05, 0.1) is 6.61 Å². The zero-order chi connectivity index (χ0) is 17.9. The maximum Gasteiger partial charge on any atom is 0.224 e. The Morgan fingerprint density at radius 2 is 1.88 bits per heavy atom. The lowest BCUT2D eigenvalue weighted by Gasteiger charge is -2.23. The summed E-state index contributed by atoms with van der Waals surface area (Å²) < 4.78 is 5.59. The van der Waals surface area contributed by atoms with Crippen molar-refractivity contribution in [1.82, 2.24) is 9.80 Å². The minimum Gasteiger partial charge on any atom is -0.493 e. The average Bonchev–Trinajstić information content (AvgIpc) is 3.04. The molecule has 1 amide bonds. The summed E-state index contributed by atoms with van der Waals surface area (Å²) in [5, 5.41) is 0. The molecule has 2 heterocycles. The number of nitrogens with zero attached hydrogens (tertiary/aromatic N) is 2. The Morgan fingerprint density at radius 1 is 1.00 bits per heavy atom. The van der Waals surface area contributed by atoms with Crippen LogP contribution in [0.5, 0.6) is 5.75 Å². The zero-order valence-corrected chi connectivity index (χ0v) is 15.4. The van der Waals surface area contributed by atoms with Crippen molar-refractivity contribution in [3.05, 3.63) is 64.7 Å². The van der Waals surface area contributed by atoms with E-state index < -0.39 is 0 Å². The van der Waals surface area contributed by atoms with Crippen LogP contribution in [0.4, 0.5) is 0 Å². The number of carbonyl (C=O) groups excluding carboxylic acids is 1. The number of fused-ring (bicyclic) bond motifs is 1. The summed E-state index contributed by atoms with van der Waals surface area (Å²) in [5.74, 6) is 1.29. The fourth-order valence-corrected chi connectivity index (χ4v) is 3.83. The summed E-state index contributed by atoms with van der Waals surface area (Å²) in [7, 11) is 0. The molecule has 0 unspecified atom stereocenters. The van der Waals surface area contributed by atoms with Crippen LogP contribution >= 0.6 is 0 Å². The molecular weight excluding hydrogens is 324 g/mol. The van der Waals surface area contributed by atoms with E-state index in [1.807, 2.05) is 11.0 Å². The molecule has 26 heavy (non-hydrogen) atoms. The highest BCUT2D eigenvalue weighted by atomic mass is 16.5. The molecule has 136 valence electrons. The molecule has 2 aliphatic heterocycles. The normalized spacial score (nSPS) is 17.7. The number of ether oxygens (including phenoxy) is 1. The number of benzene rings is 2. The lowest BCUT2D eigenvalue weighted by Crippen LogP contribution is -2.33. The molecule has 2 aliphatic rings. The van der Waals surface area contributed by atoms with Crippen molar-refractivity contribution in [3.8, 4) is 5.75 Å². The second-order valence-electron chi connectivity index (χ2n) is 7.31.